The fourth-order valence-electron chi connectivity index (χ4n) is 1.57. The van der Waals surface area contributed by atoms with Crippen LogP contribution in [0.4, 0.5) is 11.4 Å². The molecule has 2 aromatic rings. The molecule has 6 nitrogen and oxygen atoms in total. The number of carbonyl (C=O) groups excluding carboxylic acids is 1. The molecule has 0 fully saturated rings. The van der Waals surface area contributed by atoms with Gasteiger partial charge < -0.3 is 10.4 Å². The molecule has 2 aromatic carbocycles. The van der Waals surface area contributed by atoms with Crippen molar-refractivity contribution in [2.75, 3.05) is 5.32 Å². The van der Waals surface area contributed by atoms with Crippen molar-refractivity contribution < 1.29 is 14.8 Å². The van der Waals surface area contributed by atoms with Crippen molar-refractivity contribution in [3.63, 3.8) is 0 Å². The number of aromatic hydroxyl groups is 1. The minimum atomic E-state index is -0.620. The zero-order valence-electron chi connectivity index (χ0n) is 10.0. The summed E-state index contributed by atoms with van der Waals surface area (Å²) in [5, 5.41) is 22.8. The molecule has 0 aliphatic carbocycles. The first-order chi connectivity index (χ1) is 9.49. The first-order valence-electron chi connectivity index (χ1n) is 5.52. The second kappa shape index (κ2) is 5.87. The maximum atomic E-state index is 12.0. The third kappa shape index (κ3) is 3.05. The predicted octanol–water partition coefficient (Wildman–Crippen LogP) is 3.16. The number of nitrogens with zero attached hydrogens (tertiary/aromatic N) is 1. The van der Waals surface area contributed by atoms with Crippen molar-refractivity contribution in [2.45, 2.75) is 0 Å². The first-order valence-corrected chi connectivity index (χ1v) is 6.60. The molecule has 0 atom stereocenters. The molecule has 102 valence electrons. The van der Waals surface area contributed by atoms with E-state index in [9.17, 15) is 20.0 Å². The molecule has 0 aliphatic heterocycles. The number of hydrogen-bond donors (Lipinski definition) is 2. The third-order valence-electron chi connectivity index (χ3n) is 2.56. The lowest BCUT2D eigenvalue weighted by Crippen LogP contribution is -2.13. The largest absolute Gasteiger partial charge is 0.506 e. The third-order valence-corrected chi connectivity index (χ3v) is 3.50. The van der Waals surface area contributed by atoms with E-state index < -0.39 is 4.92 Å². The number of anilines is 1. The smallest absolute Gasteiger partial charge is 0.273 e. The maximum absolute atomic E-state index is 12.0. The molecule has 0 unspecified atom stereocenters. The number of nitrogens with one attached hydrogen (secondary N) is 1. The molecular formula is C13H9IN2O4. The Morgan fingerprint density at radius 2 is 1.95 bits per heavy atom. The fraction of sp³-hybridized carbons (Fsp3) is 0. The Hall–Kier alpha value is -2.16. The average Bonchev–Trinajstić information content (AvgIpc) is 2.41. The van der Waals surface area contributed by atoms with E-state index in [-0.39, 0.29) is 23.0 Å². The molecular weight excluding hydrogens is 375 g/mol. The summed E-state index contributed by atoms with van der Waals surface area (Å²) in [5.74, 6) is -0.738. The molecule has 0 heterocycles. The van der Waals surface area contributed by atoms with Gasteiger partial charge in [0.15, 0.2) is 0 Å². The summed E-state index contributed by atoms with van der Waals surface area (Å²) in [4.78, 5) is 22.0. The summed E-state index contributed by atoms with van der Waals surface area (Å²) in [6.45, 7) is 0. The van der Waals surface area contributed by atoms with Gasteiger partial charge in [-0.1, -0.05) is 12.1 Å². The number of phenols is 1. The summed E-state index contributed by atoms with van der Waals surface area (Å²) >= 11 is 2.03. The van der Waals surface area contributed by atoms with E-state index in [2.05, 4.69) is 5.32 Å². The standard InChI is InChI=1S/C13H9IN2O4/c14-10-4-2-1-3-9(10)13(18)15-11-6-5-8(16(19)20)7-12(11)17/h1-7,17H,(H,15,18). The number of amides is 1. The Bertz CT molecular complexity index is 688. The van der Waals surface area contributed by atoms with Gasteiger partial charge in [0.2, 0.25) is 0 Å². The van der Waals surface area contributed by atoms with Gasteiger partial charge in [-0.05, 0) is 40.8 Å². The van der Waals surface area contributed by atoms with Gasteiger partial charge in [-0.2, -0.15) is 0 Å². The molecule has 7 heteroatoms. The average molecular weight is 384 g/mol. The summed E-state index contributed by atoms with van der Waals surface area (Å²) in [7, 11) is 0. The second-order valence-corrected chi connectivity index (χ2v) is 5.05. The van der Waals surface area contributed by atoms with Crippen LogP contribution in [0.3, 0.4) is 0 Å². The van der Waals surface area contributed by atoms with Crippen LogP contribution >= 0.6 is 22.6 Å². The van der Waals surface area contributed by atoms with Gasteiger partial charge >= 0.3 is 0 Å². The van der Waals surface area contributed by atoms with Crippen molar-refractivity contribution in [3.05, 3.63) is 61.7 Å². The fourth-order valence-corrected chi connectivity index (χ4v) is 2.21. The normalized spacial score (nSPS) is 10.1. The molecule has 0 saturated carbocycles. The molecule has 0 saturated heterocycles. The predicted molar refractivity (Wildman–Crippen MR) is 81.9 cm³/mol. The van der Waals surface area contributed by atoms with E-state index in [1.165, 1.54) is 12.1 Å². The lowest BCUT2D eigenvalue weighted by Gasteiger charge is -2.08. The van der Waals surface area contributed by atoms with Crippen molar-refractivity contribution >= 4 is 39.9 Å². The number of nitro benzene ring substituents is 1. The minimum Gasteiger partial charge on any atom is -0.506 e. The highest BCUT2D eigenvalue weighted by molar-refractivity contribution is 14.1. The Morgan fingerprint density at radius 1 is 1.25 bits per heavy atom. The number of carbonyl (C=O) groups is 1. The number of non-ortho nitro benzene ring substituents is 1. The maximum Gasteiger partial charge on any atom is 0.273 e. The first kappa shape index (κ1) is 14.3. The minimum absolute atomic E-state index is 0.125. The van der Waals surface area contributed by atoms with Gasteiger partial charge in [-0.3, -0.25) is 14.9 Å². The summed E-state index contributed by atoms with van der Waals surface area (Å²) in [5.41, 5.74) is 0.348. The van der Waals surface area contributed by atoms with Crippen LogP contribution in [-0.2, 0) is 0 Å². The number of phenolic OH excluding ortho intramolecular Hbond substituents is 1. The number of hydrogen-bond acceptors (Lipinski definition) is 4. The number of benzene rings is 2. The van der Waals surface area contributed by atoms with E-state index in [0.29, 0.717) is 5.56 Å². The lowest BCUT2D eigenvalue weighted by molar-refractivity contribution is -0.384. The summed E-state index contributed by atoms with van der Waals surface area (Å²) in [6.07, 6.45) is 0. The van der Waals surface area contributed by atoms with Crippen LogP contribution in [-0.4, -0.2) is 15.9 Å². The van der Waals surface area contributed by atoms with Crippen LogP contribution < -0.4 is 5.32 Å². The van der Waals surface area contributed by atoms with E-state index in [1.807, 2.05) is 28.7 Å². The van der Waals surface area contributed by atoms with Crippen molar-refractivity contribution in [1.29, 1.82) is 0 Å². The van der Waals surface area contributed by atoms with Gasteiger partial charge in [0.25, 0.3) is 11.6 Å². The molecule has 0 radical (unpaired) electrons. The number of nitro groups is 1. The van der Waals surface area contributed by atoms with Crippen molar-refractivity contribution in [1.82, 2.24) is 0 Å². The Morgan fingerprint density at radius 3 is 2.55 bits per heavy atom. The van der Waals surface area contributed by atoms with Crippen LogP contribution in [0.5, 0.6) is 5.75 Å². The number of halogens is 1. The Balaban J connectivity index is 2.25. The van der Waals surface area contributed by atoms with Gasteiger partial charge in [-0.25, -0.2) is 0 Å². The zero-order chi connectivity index (χ0) is 14.7. The van der Waals surface area contributed by atoms with Crippen LogP contribution in [0.25, 0.3) is 0 Å². The molecule has 1 amide bonds. The van der Waals surface area contributed by atoms with Crippen LogP contribution in [0.1, 0.15) is 10.4 Å². The lowest BCUT2D eigenvalue weighted by atomic mass is 10.2. The topological polar surface area (TPSA) is 92.5 Å². The van der Waals surface area contributed by atoms with Crippen LogP contribution in [0.2, 0.25) is 0 Å². The van der Waals surface area contributed by atoms with Crippen LogP contribution in [0.15, 0.2) is 42.5 Å². The Kier molecular flexibility index (Phi) is 4.18. The van der Waals surface area contributed by atoms with E-state index in [1.54, 1.807) is 18.2 Å². The quantitative estimate of drug-likeness (QED) is 0.368. The highest BCUT2D eigenvalue weighted by atomic mass is 127. The molecule has 0 aromatic heterocycles. The molecule has 20 heavy (non-hydrogen) atoms. The van der Waals surface area contributed by atoms with E-state index in [0.717, 1.165) is 9.64 Å². The van der Waals surface area contributed by atoms with Gasteiger partial charge in [0.05, 0.1) is 22.2 Å². The molecule has 0 spiro atoms. The molecule has 2 N–H and O–H groups in total. The zero-order valence-corrected chi connectivity index (χ0v) is 12.2. The monoisotopic (exact) mass is 384 g/mol. The van der Waals surface area contributed by atoms with Crippen molar-refractivity contribution in [3.8, 4) is 5.75 Å². The van der Waals surface area contributed by atoms with Gasteiger partial charge in [0, 0.05) is 9.64 Å². The van der Waals surface area contributed by atoms with E-state index in [4.69, 9.17) is 0 Å². The second-order valence-electron chi connectivity index (χ2n) is 3.89. The SMILES string of the molecule is O=C(Nc1ccc([N+](=O)[O-])cc1O)c1ccccc1I. The summed E-state index contributed by atoms with van der Waals surface area (Å²) < 4.78 is 0.768. The highest BCUT2D eigenvalue weighted by Gasteiger charge is 2.14. The van der Waals surface area contributed by atoms with Crippen LogP contribution in [0, 0.1) is 13.7 Å². The molecule has 0 aliphatic rings. The Labute approximate surface area is 127 Å². The van der Waals surface area contributed by atoms with Crippen molar-refractivity contribution in [2.24, 2.45) is 0 Å². The molecule has 2 rings (SSSR count). The van der Waals surface area contributed by atoms with Gasteiger partial charge in [-0.15, -0.1) is 0 Å². The summed E-state index contributed by atoms with van der Waals surface area (Å²) in [6, 6.07) is 10.5. The molecule has 0 bridgehead atoms. The van der Waals surface area contributed by atoms with Gasteiger partial charge in [0.1, 0.15) is 5.75 Å². The number of rotatable bonds is 3. The highest BCUT2D eigenvalue weighted by Crippen LogP contribution is 2.28. The van der Waals surface area contributed by atoms with E-state index >= 15 is 0 Å².